The predicted molar refractivity (Wildman–Crippen MR) is 48.7 cm³/mol. The smallest absolute Gasteiger partial charge is 0.180 e. The number of aromatic nitrogens is 1. The highest BCUT2D eigenvalue weighted by Crippen LogP contribution is 2.21. The molecule has 66 valence electrons. The summed E-state index contributed by atoms with van der Waals surface area (Å²) in [5.41, 5.74) is 1.23. The Morgan fingerprint density at radius 2 is 1.67 bits per heavy atom. The lowest BCUT2D eigenvalue weighted by atomic mass is 9.91. The summed E-state index contributed by atoms with van der Waals surface area (Å²) in [4.78, 5) is 0. The van der Waals surface area contributed by atoms with Gasteiger partial charge in [0.2, 0.25) is 0 Å². The highest BCUT2D eigenvalue weighted by Gasteiger charge is 2.09. The normalized spacial score (nSPS) is 13.3. The minimum absolute atomic E-state index is 0.520. The van der Waals surface area contributed by atoms with Gasteiger partial charge in [0.1, 0.15) is 0 Å². The van der Waals surface area contributed by atoms with Gasteiger partial charge in [0.15, 0.2) is 12.4 Å². The zero-order valence-electron chi connectivity index (χ0n) is 7.82. The molecule has 12 heavy (non-hydrogen) atoms. The Balaban J connectivity index is 2.82. The summed E-state index contributed by atoms with van der Waals surface area (Å²) in [5.74, 6) is 1.14. The van der Waals surface area contributed by atoms with Crippen LogP contribution in [0.4, 0.5) is 0 Å². The lowest BCUT2D eigenvalue weighted by molar-refractivity contribution is -0.605. The van der Waals surface area contributed by atoms with Gasteiger partial charge in [0.25, 0.3) is 0 Å². The van der Waals surface area contributed by atoms with E-state index in [0.29, 0.717) is 11.8 Å². The number of pyridine rings is 1. The molecule has 1 heterocycles. The molecule has 2 nitrogen and oxygen atoms in total. The zero-order chi connectivity index (χ0) is 9.14. The summed E-state index contributed by atoms with van der Waals surface area (Å²) in [6.45, 7) is 6.54. The van der Waals surface area contributed by atoms with Gasteiger partial charge in [0.05, 0.1) is 0 Å². The van der Waals surface area contributed by atoms with Crippen LogP contribution in [0.25, 0.3) is 0 Å². The molecule has 0 fully saturated rings. The van der Waals surface area contributed by atoms with Crippen molar-refractivity contribution in [3.63, 3.8) is 0 Å². The third-order valence-corrected chi connectivity index (χ3v) is 2.35. The zero-order valence-corrected chi connectivity index (χ0v) is 7.82. The monoisotopic (exact) mass is 165 g/mol. The maximum absolute atomic E-state index is 10.7. The number of rotatable bonds is 2. The molecule has 0 aliphatic carbocycles. The third kappa shape index (κ3) is 1.97. The molecule has 1 aromatic rings. The molecule has 0 saturated carbocycles. The van der Waals surface area contributed by atoms with E-state index in [1.807, 2.05) is 12.1 Å². The lowest BCUT2D eigenvalue weighted by Gasteiger charge is -2.14. The van der Waals surface area contributed by atoms with Gasteiger partial charge < -0.3 is 5.21 Å². The molecule has 0 aromatic carbocycles. The van der Waals surface area contributed by atoms with Crippen LogP contribution in [-0.2, 0) is 0 Å². The first-order valence-corrected chi connectivity index (χ1v) is 4.30. The topological polar surface area (TPSA) is 26.9 Å². The average Bonchev–Trinajstić information content (AvgIpc) is 2.04. The molecule has 2 heteroatoms. The fourth-order valence-electron chi connectivity index (χ4n) is 1.11. The number of hydrogen-bond donors (Lipinski definition) is 0. The summed E-state index contributed by atoms with van der Waals surface area (Å²) < 4.78 is 0.816. The van der Waals surface area contributed by atoms with Gasteiger partial charge in [0, 0.05) is 12.1 Å². The summed E-state index contributed by atoms with van der Waals surface area (Å²) in [6, 6.07) is 3.77. The Kier molecular flexibility index (Phi) is 2.69. The molecular formula is C10H15NO. The largest absolute Gasteiger partial charge is 0.619 e. The van der Waals surface area contributed by atoms with Gasteiger partial charge in [-0.05, 0) is 17.4 Å². The summed E-state index contributed by atoms with van der Waals surface area (Å²) in [7, 11) is 0. The predicted octanol–water partition coefficient (Wildman–Crippen LogP) is 2.08. The van der Waals surface area contributed by atoms with Gasteiger partial charge in [-0.2, -0.15) is 4.73 Å². The van der Waals surface area contributed by atoms with Crippen LogP contribution in [-0.4, -0.2) is 0 Å². The van der Waals surface area contributed by atoms with Gasteiger partial charge >= 0.3 is 0 Å². The molecule has 1 aromatic heterocycles. The average molecular weight is 165 g/mol. The molecule has 0 amide bonds. The van der Waals surface area contributed by atoms with Crippen LogP contribution in [0.15, 0.2) is 24.5 Å². The Morgan fingerprint density at radius 3 is 2.08 bits per heavy atom. The first kappa shape index (κ1) is 9.04. The Bertz CT molecular complexity index is 241. The van der Waals surface area contributed by atoms with Crippen molar-refractivity contribution in [2.75, 3.05) is 0 Å². The van der Waals surface area contributed by atoms with E-state index in [1.54, 1.807) is 12.4 Å². The van der Waals surface area contributed by atoms with E-state index in [1.165, 1.54) is 5.56 Å². The highest BCUT2D eigenvalue weighted by atomic mass is 16.5. The van der Waals surface area contributed by atoms with Crippen LogP contribution < -0.4 is 4.73 Å². The van der Waals surface area contributed by atoms with Crippen LogP contribution in [0.1, 0.15) is 32.3 Å². The second-order valence-electron chi connectivity index (χ2n) is 3.52. The molecule has 0 spiro atoms. The first-order chi connectivity index (χ1) is 5.61. The Morgan fingerprint density at radius 1 is 1.17 bits per heavy atom. The van der Waals surface area contributed by atoms with Crippen LogP contribution in [0.2, 0.25) is 0 Å². The van der Waals surface area contributed by atoms with Crippen molar-refractivity contribution in [3.05, 3.63) is 35.3 Å². The van der Waals surface area contributed by atoms with E-state index in [0.717, 1.165) is 4.73 Å². The maximum atomic E-state index is 10.7. The van der Waals surface area contributed by atoms with E-state index >= 15 is 0 Å². The van der Waals surface area contributed by atoms with E-state index < -0.39 is 0 Å². The second-order valence-corrected chi connectivity index (χ2v) is 3.52. The minimum atomic E-state index is 0.520. The van der Waals surface area contributed by atoms with Crippen molar-refractivity contribution < 1.29 is 4.73 Å². The van der Waals surface area contributed by atoms with Crippen molar-refractivity contribution in [2.45, 2.75) is 26.7 Å². The molecule has 0 aliphatic heterocycles. The van der Waals surface area contributed by atoms with Crippen LogP contribution in [0, 0.1) is 11.1 Å². The minimum Gasteiger partial charge on any atom is -0.619 e. The summed E-state index contributed by atoms with van der Waals surface area (Å²) >= 11 is 0. The first-order valence-electron chi connectivity index (χ1n) is 4.30. The molecule has 0 N–H and O–H groups in total. The van der Waals surface area contributed by atoms with E-state index in [4.69, 9.17) is 0 Å². The quantitative estimate of drug-likeness (QED) is 0.487. The van der Waals surface area contributed by atoms with Gasteiger partial charge in [-0.3, -0.25) is 0 Å². The molecule has 0 aliphatic rings. The summed E-state index contributed by atoms with van der Waals surface area (Å²) in [5, 5.41) is 10.7. The molecule has 0 saturated heterocycles. The van der Waals surface area contributed by atoms with E-state index in [9.17, 15) is 5.21 Å². The molecular weight excluding hydrogens is 150 g/mol. The number of nitrogens with zero attached hydrogens (tertiary/aromatic N) is 1. The Labute approximate surface area is 73.4 Å². The summed E-state index contributed by atoms with van der Waals surface area (Å²) in [6.07, 6.45) is 3.10. The van der Waals surface area contributed by atoms with Gasteiger partial charge in [-0.1, -0.05) is 20.8 Å². The highest BCUT2D eigenvalue weighted by molar-refractivity contribution is 5.13. The van der Waals surface area contributed by atoms with Crippen molar-refractivity contribution in [3.8, 4) is 0 Å². The molecule has 1 rings (SSSR count). The second kappa shape index (κ2) is 3.57. The number of hydrogen-bond acceptors (Lipinski definition) is 1. The van der Waals surface area contributed by atoms with Gasteiger partial charge in [-0.25, -0.2) is 0 Å². The van der Waals surface area contributed by atoms with Crippen LogP contribution in [0.5, 0.6) is 0 Å². The lowest BCUT2D eigenvalue weighted by Crippen LogP contribution is -2.24. The van der Waals surface area contributed by atoms with E-state index in [-0.39, 0.29) is 0 Å². The van der Waals surface area contributed by atoms with Crippen LogP contribution >= 0.6 is 0 Å². The van der Waals surface area contributed by atoms with Crippen molar-refractivity contribution in [1.29, 1.82) is 0 Å². The maximum Gasteiger partial charge on any atom is 0.180 e. The third-order valence-electron chi connectivity index (χ3n) is 2.35. The standard InChI is InChI=1S/C10H15NO/c1-8(2)9(3)10-4-6-11(12)7-5-10/h4-9H,1-3H3. The van der Waals surface area contributed by atoms with Crippen molar-refractivity contribution in [1.82, 2.24) is 0 Å². The fourth-order valence-corrected chi connectivity index (χ4v) is 1.11. The molecule has 1 atom stereocenters. The SMILES string of the molecule is CC(C)C(C)c1cc[n+]([O-])cc1. The van der Waals surface area contributed by atoms with Crippen molar-refractivity contribution in [2.24, 2.45) is 5.92 Å². The van der Waals surface area contributed by atoms with E-state index in [2.05, 4.69) is 20.8 Å². The van der Waals surface area contributed by atoms with Crippen LogP contribution in [0.3, 0.4) is 0 Å². The Hall–Kier alpha value is -1.05. The molecule has 0 bridgehead atoms. The van der Waals surface area contributed by atoms with Crippen molar-refractivity contribution >= 4 is 0 Å². The fraction of sp³-hybridized carbons (Fsp3) is 0.500. The molecule has 1 unspecified atom stereocenters. The molecule has 0 radical (unpaired) electrons. The van der Waals surface area contributed by atoms with Gasteiger partial charge in [-0.15, -0.1) is 0 Å².